The van der Waals surface area contributed by atoms with Gasteiger partial charge in [0.05, 0.1) is 13.2 Å². The molecular formula is C18H24N6O. The zero-order valence-corrected chi connectivity index (χ0v) is 14.5. The van der Waals surface area contributed by atoms with Crippen molar-refractivity contribution in [3.05, 3.63) is 24.4 Å². The van der Waals surface area contributed by atoms with Crippen molar-refractivity contribution in [3.8, 4) is 11.5 Å². The van der Waals surface area contributed by atoms with Gasteiger partial charge in [0, 0.05) is 32.4 Å². The molecule has 0 spiro atoms. The van der Waals surface area contributed by atoms with Gasteiger partial charge in [-0.05, 0) is 25.0 Å². The highest BCUT2D eigenvalue weighted by molar-refractivity contribution is 5.54. The monoisotopic (exact) mass is 340 g/mol. The van der Waals surface area contributed by atoms with Crippen LogP contribution in [0.25, 0.3) is 11.5 Å². The van der Waals surface area contributed by atoms with Crippen LogP contribution in [0.1, 0.15) is 25.7 Å². The summed E-state index contributed by atoms with van der Waals surface area (Å²) in [4.78, 5) is 23.1. The van der Waals surface area contributed by atoms with Crippen LogP contribution in [0.5, 0.6) is 0 Å². The van der Waals surface area contributed by atoms with E-state index in [2.05, 4.69) is 14.8 Å². The third-order valence-corrected chi connectivity index (χ3v) is 4.69. The fourth-order valence-electron chi connectivity index (χ4n) is 3.28. The van der Waals surface area contributed by atoms with Crippen LogP contribution in [0.15, 0.2) is 24.4 Å². The molecule has 0 bridgehead atoms. The Labute approximate surface area is 148 Å². The van der Waals surface area contributed by atoms with E-state index in [1.807, 2.05) is 18.2 Å². The van der Waals surface area contributed by atoms with Crippen molar-refractivity contribution in [1.82, 2.24) is 19.9 Å². The third-order valence-electron chi connectivity index (χ3n) is 4.69. The highest BCUT2D eigenvalue weighted by Crippen LogP contribution is 2.22. The van der Waals surface area contributed by atoms with Gasteiger partial charge in [-0.25, -0.2) is 0 Å². The van der Waals surface area contributed by atoms with E-state index in [4.69, 9.17) is 19.7 Å². The van der Waals surface area contributed by atoms with Crippen molar-refractivity contribution in [1.29, 1.82) is 0 Å². The average molecular weight is 340 g/mol. The quantitative estimate of drug-likeness (QED) is 0.848. The zero-order valence-electron chi connectivity index (χ0n) is 14.5. The zero-order chi connectivity index (χ0) is 16.9. The molecule has 2 aromatic heterocycles. The maximum absolute atomic E-state index is 5.46. The van der Waals surface area contributed by atoms with Gasteiger partial charge in [0.25, 0.3) is 0 Å². The van der Waals surface area contributed by atoms with Gasteiger partial charge in [0.2, 0.25) is 11.9 Å². The highest BCUT2D eigenvalue weighted by atomic mass is 16.5. The number of aromatic nitrogens is 4. The molecule has 0 amide bonds. The molecule has 7 nitrogen and oxygen atoms in total. The van der Waals surface area contributed by atoms with Crippen molar-refractivity contribution in [2.45, 2.75) is 25.7 Å². The molecule has 25 heavy (non-hydrogen) atoms. The summed E-state index contributed by atoms with van der Waals surface area (Å²) in [6, 6.07) is 5.82. The largest absolute Gasteiger partial charge is 0.378 e. The van der Waals surface area contributed by atoms with Crippen molar-refractivity contribution in [3.63, 3.8) is 0 Å². The molecule has 2 saturated heterocycles. The first kappa shape index (κ1) is 16.2. The van der Waals surface area contributed by atoms with Gasteiger partial charge < -0.3 is 14.5 Å². The number of nitrogens with zero attached hydrogens (tertiary/aromatic N) is 6. The second-order valence-electron chi connectivity index (χ2n) is 6.47. The normalized spacial score (nSPS) is 18.9. The van der Waals surface area contributed by atoms with Crippen LogP contribution in [-0.4, -0.2) is 59.3 Å². The van der Waals surface area contributed by atoms with E-state index in [-0.39, 0.29) is 0 Å². The molecule has 2 aromatic rings. The number of ether oxygens (including phenoxy) is 1. The van der Waals surface area contributed by atoms with Gasteiger partial charge in [-0.1, -0.05) is 18.9 Å². The lowest BCUT2D eigenvalue weighted by atomic mass is 10.2. The maximum Gasteiger partial charge on any atom is 0.230 e. The van der Waals surface area contributed by atoms with Crippen molar-refractivity contribution in [2.75, 3.05) is 49.2 Å². The van der Waals surface area contributed by atoms with Gasteiger partial charge in [0.1, 0.15) is 5.69 Å². The average Bonchev–Trinajstić information content (AvgIpc) is 2.99. The molecule has 0 aliphatic carbocycles. The van der Waals surface area contributed by atoms with E-state index in [1.54, 1.807) is 6.20 Å². The Morgan fingerprint density at radius 2 is 1.44 bits per heavy atom. The van der Waals surface area contributed by atoms with Gasteiger partial charge in [-0.15, -0.1) is 0 Å². The predicted molar refractivity (Wildman–Crippen MR) is 96.8 cm³/mol. The number of morpholine rings is 1. The Kier molecular flexibility index (Phi) is 5.01. The molecule has 132 valence electrons. The summed E-state index contributed by atoms with van der Waals surface area (Å²) in [6.07, 6.45) is 6.73. The molecule has 0 radical (unpaired) electrons. The molecule has 0 saturated carbocycles. The van der Waals surface area contributed by atoms with Crippen molar-refractivity contribution in [2.24, 2.45) is 0 Å². The van der Waals surface area contributed by atoms with E-state index in [0.717, 1.165) is 43.8 Å². The fourth-order valence-corrected chi connectivity index (χ4v) is 3.28. The lowest BCUT2D eigenvalue weighted by Crippen LogP contribution is -2.38. The molecule has 0 atom stereocenters. The number of pyridine rings is 1. The lowest BCUT2D eigenvalue weighted by molar-refractivity contribution is 0.122. The van der Waals surface area contributed by atoms with Crippen LogP contribution < -0.4 is 9.80 Å². The van der Waals surface area contributed by atoms with E-state index >= 15 is 0 Å². The number of hydrogen-bond donors (Lipinski definition) is 0. The molecule has 4 rings (SSSR count). The minimum Gasteiger partial charge on any atom is -0.378 e. The van der Waals surface area contributed by atoms with Crippen LogP contribution in [-0.2, 0) is 4.74 Å². The first-order valence-electron chi connectivity index (χ1n) is 9.15. The van der Waals surface area contributed by atoms with Crippen LogP contribution in [0.3, 0.4) is 0 Å². The third kappa shape index (κ3) is 3.87. The van der Waals surface area contributed by atoms with Gasteiger partial charge in [-0.3, -0.25) is 4.98 Å². The Morgan fingerprint density at radius 1 is 0.760 bits per heavy atom. The van der Waals surface area contributed by atoms with Crippen molar-refractivity contribution >= 4 is 11.9 Å². The smallest absolute Gasteiger partial charge is 0.230 e. The van der Waals surface area contributed by atoms with Crippen LogP contribution in [0.2, 0.25) is 0 Å². The lowest BCUT2D eigenvalue weighted by Gasteiger charge is -2.28. The number of anilines is 2. The van der Waals surface area contributed by atoms with Gasteiger partial charge in [-0.2, -0.15) is 15.0 Å². The predicted octanol–water partition coefficient (Wildman–Crippen LogP) is 2.15. The highest BCUT2D eigenvalue weighted by Gasteiger charge is 2.20. The molecular weight excluding hydrogens is 316 g/mol. The standard InChI is InChI=1S/C18H24N6O/c1-2-6-10-23(9-5-1)17-20-16(15-7-3-4-8-19-15)21-18(22-17)24-11-13-25-14-12-24/h3-4,7-8H,1-2,5-6,9-14H2. The first-order chi connectivity index (χ1) is 12.4. The molecule has 7 heteroatoms. The summed E-state index contributed by atoms with van der Waals surface area (Å²) in [6.45, 7) is 5.06. The minimum absolute atomic E-state index is 0.649. The topological polar surface area (TPSA) is 67.3 Å². The Morgan fingerprint density at radius 3 is 2.08 bits per heavy atom. The summed E-state index contributed by atoms with van der Waals surface area (Å²) in [5.74, 6) is 2.16. The summed E-state index contributed by atoms with van der Waals surface area (Å²) >= 11 is 0. The number of rotatable bonds is 3. The Balaban J connectivity index is 1.71. The van der Waals surface area contributed by atoms with Crippen LogP contribution >= 0.6 is 0 Å². The SMILES string of the molecule is c1ccc(-c2nc(N3CCCCCC3)nc(N3CCOCC3)n2)nc1. The van der Waals surface area contributed by atoms with E-state index in [9.17, 15) is 0 Å². The van der Waals surface area contributed by atoms with E-state index in [0.29, 0.717) is 19.0 Å². The number of hydrogen-bond acceptors (Lipinski definition) is 7. The summed E-state index contributed by atoms with van der Waals surface area (Å²) in [5, 5.41) is 0. The van der Waals surface area contributed by atoms with Crippen LogP contribution in [0.4, 0.5) is 11.9 Å². The Bertz CT molecular complexity index is 681. The molecule has 2 fully saturated rings. The molecule has 0 aromatic carbocycles. The maximum atomic E-state index is 5.46. The summed E-state index contributed by atoms with van der Waals surface area (Å²) in [7, 11) is 0. The summed E-state index contributed by atoms with van der Waals surface area (Å²) < 4.78 is 5.46. The van der Waals surface area contributed by atoms with E-state index < -0.39 is 0 Å². The Hall–Kier alpha value is -2.28. The fraction of sp³-hybridized carbons (Fsp3) is 0.556. The van der Waals surface area contributed by atoms with Crippen LogP contribution in [0, 0.1) is 0 Å². The molecule has 2 aliphatic rings. The van der Waals surface area contributed by atoms with Crippen molar-refractivity contribution < 1.29 is 4.74 Å². The van der Waals surface area contributed by atoms with E-state index in [1.165, 1.54) is 25.7 Å². The first-order valence-corrected chi connectivity index (χ1v) is 9.15. The van der Waals surface area contributed by atoms with Gasteiger partial charge in [0.15, 0.2) is 5.82 Å². The second kappa shape index (κ2) is 7.74. The molecule has 0 unspecified atom stereocenters. The molecule has 0 N–H and O–H groups in total. The minimum atomic E-state index is 0.649. The molecule has 4 heterocycles. The van der Waals surface area contributed by atoms with Gasteiger partial charge >= 0.3 is 0 Å². The molecule has 2 aliphatic heterocycles. The second-order valence-corrected chi connectivity index (χ2v) is 6.47. The summed E-state index contributed by atoms with van der Waals surface area (Å²) in [5.41, 5.74) is 0.787.